The van der Waals surface area contributed by atoms with E-state index in [2.05, 4.69) is 16.7 Å². The average molecular weight is 181 g/mol. The summed E-state index contributed by atoms with van der Waals surface area (Å²) >= 11 is 0. The monoisotopic (exact) mass is 181 g/mol. The Balaban J connectivity index is 2.57. The maximum absolute atomic E-state index is 9.49. The van der Waals surface area contributed by atoms with Crippen LogP contribution in [0.5, 0.6) is 0 Å². The van der Waals surface area contributed by atoms with Crippen LogP contribution < -0.4 is 0 Å². The molecule has 13 heavy (non-hydrogen) atoms. The molecule has 0 aliphatic carbocycles. The quantitative estimate of drug-likeness (QED) is 0.683. The molecule has 1 aromatic rings. The lowest BCUT2D eigenvalue weighted by atomic mass is 10.2. The van der Waals surface area contributed by atoms with Gasteiger partial charge in [0, 0.05) is 13.0 Å². The molecule has 0 bridgehead atoms. The minimum absolute atomic E-state index is 0.396. The van der Waals surface area contributed by atoms with Gasteiger partial charge in [-0.3, -0.25) is 4.68 Å². The largest absolute Gasteiger partial charge is 0.392 e. The molecule has 4 heteroatoms. The minimum atomic E-state index is -0.396. The van der Waals surface area contributed by atoms with Crippen LogP contribution in [0.15, 0.2) is 19.0 Å². The Kier molecular flexibility index (Phi) is 3.64. The molecule has 1 atom stereocenters. The zero-order chi connectivity index (χ0) is 9.68. The van der Waals surface area contributed by atoms with Crippen molar-refractivity contribution in [3.05, 3.63) is 24.8 Å². The fraction of sp³-hybridized carbons (Fsp3) is 0.556. The van der Waals surface area contributed by atoms with E-state index in [1.54, 1.807) is 10.8 Å². The van der Waals surface area contributed by atoms with Gasteiger partial charge >= 0.3 is 0 Å². The van der Waals surface area contributed by atoms with E-state index in [4.69, 9.17) is 0 Å². The Morgan fingerprint density at radius 1 is 1.77 bits per heavy atom. The van der Waals surface area contributed by atoms with E-state index in [1.165, 1.54) is 6.33 Å². The van der Waals surface area contributed by atoms with Gasteiger partial charge in [0.25, 0.3) is 0 Å². The fourth-order valence-electron chi connectivity index (χ4n) is 1.20. The minimum Gasteiger partial charge on any atom is -0.392 e. The molecule has 1 aromatic heterocycles. The fourth-order valence-corrected chi connectivity index (χ4v) is 1.20. The van der Waals surface area contributed by atoms with Crippen LogP contribution >= 0.6 is 0 Å². The number of aryl methyl sites for hydroxylation is 1. The highest BCUT2D eigenvalue weighted by molar-refractivity contribution is 4.89. The molecular formula is C9H15N3O. The summed E-state index contributed by atoms with van der Waals surface area (Å²) in [7, 11) is 0. The van der Waals surface area contributed by atoms with Gasteiger partial charge in [-0.25, -0.2) is 4.98 Å². The summed E-state index contributed by atoms with van der Waals surface area (Å²) in [5.41, 5.74) is 0. The van der Waals surface area contributed by atoms with Gasteiger partial charge in [0.2, 0.25) is 0 Å². The topological polar surface area (TPSA) is 50.9 Å². The van der Waals surface area contributed by atoms with Crippen LogP contribution in [0.4, 0.5) is 0 Å². The van der Waals surface area contributed by atoms with E-state index < -0.39 is 6.10 Å². The van der Waals surface area contributed by atoms with Crippen molar-refractivity contribution in [1.29, 1.82) is 0 Å². The van der Waals surface area contributed by atoms with E-state index in [-0.39, 0.29) is 0 Å². The molecule has 0 aliphatic rings. The highest BCUT2D eigenvalue weighted by atomic mass is 16.3. The molecule has 0 aromatic carbocycles. The van der Waals surface area contributed by atoms with Crippen molar-refractivity contribution < 1.29 is 5.11 Å². The van der Waals surface area contributed by atoms with Crippen molar-refractivity contribution in [3.63, 3.8) is 0 Å². The summed E-state index contributed by atoms with van der Waals surface area (Å²) in [6.45, 7) is 6.36. The predicted octanol–water partition coefficient (Wildman–Crippen LogP) is 0.777. The molecule has 1 heterocycles. The third-order valence-corrected chi connectivity index (χ3v) is 1.85. The number of rotatable bonds is 5. The summed E-state index contributed by atoms with van der Waals surface area (Å²) in [5, 5.41) is 13.5. The van der Waals surface area contributed by atoms with Gasteiger partial charge in [-0.1, -0.05) is 6.08 Å². The lowest BCUT2D eigenvalue weighted by molar-refractivity contribution is 0.174. The van der Waals surface area contributed by atoms with Gasteiger partial charge in [0.1, 0.15) is 12.2 Å². The molecule has 1 rings (SSSR count). The van der Waals surface area contributed by atoms with Crippen LogP contribution in [0.2, 0.25) is 0 Å². The number of aromatic nitrogens is 3. The standard InChI is InChI=1S/C9H15N3O/c1-3-5-8(13)6-9-10-7-11-12(9)4-2/h3,7-8,13H,1,4-6H2,2H3. The molecule has 0 radical (unpaired) electrons. The van der Waals surface area contributed by atoms with Gasteiger partial charge in [-0.15, -0.1) is 6.58 Å². The molecule has 0 amide bonds. The Morgan fingerprint density at radius 3 is 3.15 bits per heavy atom. The van der Waals surface area contributed by atoms with E-state index >= 15 is 0 Å². The van der Waals surface area contributed by atoms with Gasteiger partial charge in [0.05, 0.1) is 6.10 Å². The molecule has 0 spiro atoms. The second-order valence-electron chi connectivity index (χ2n) is 2.87. The van der Waals surface area contributed by atoms with Crippen molar-refractivity contribution in [2.24, 2.45) is 0 Å². The second kappa shape index (κ2) is 4.77. The zero-order valence-corrected chi connectivity index (χ0v) is 7.85. The molecule has 0 fully saturated rings. The summed E-state index contributed by atoms with van der Waals surface area (Å²) in [4.78, 5) is 4.07. The first-order valence-corrected chi connectivity index (χ1v) is 4.43. The SMILES string of the molecule is C=CCC(O)Cc1ncnn1CC. The van der Waals surface area contributed by atoms with E-state index in [9.17, 15) is 5.11 Å². The summed E-state index contributed by atoms with van der Waals surface area (Å²) < 4.78 is 1.78. The van der Waals surface area contributed by atoms with Crippen molar-refractivity contribution in [3.8, 4) is 0 Å². The van der Waals surface area contributed by atoms with Crippen LogP contribution in [-0.4, -0.2) is 26.0 Å². The molecule has 4 nitrogen and oxygen atoms in total. The molecule has 0 saturated carbocycles. The van der Waals surface area contributed by atoms with Gasteiger partial charge in [-0.2, -0.15) is 5.10 Å². The Bertz CT molecular complexity index is 270. The number of hydrogen-bond acceptors (Lipinski definition) is 3. The first-order valence-electron chi connectivity index (χ1n) is 4.43. The van der Waals surface area contributed by atoms with Crippen molar-refractivity contribution >= 4 is 0 Å². The molecule has 1 unspecified atom stereocenters. The van der Waals surface area contributed by atoms with E-state index in [0.717, 1.165) is 12.4 Å². The van der Waals surface area contributed by atoms with E-state index in [1.807, 2.05) is 6.92 Å². The van der Waals surface area contributed by atoms with Crippen molar-refractivity contribution in [2.75, 3.05) is 0 Å². The molecule has 0 aliphatic heterocycles. The number of aliphatic hydroxyl groups excluding tert-OH is 1. The lowest BCUT2D eigenvalue weighted by Gasteiger charge is -2.07. The number of nitrogens with zero attached hydrogens (tertiary/aromatic N) is 3. The number of hydrogen-bond donors (Lipinski definition) is 1. The lowest BCUT2D eigenvalue weighted by Crippen LogP contribution is -2.14. The first-order chi connectivity index (χ1) is 6.27. The summed E-state index contributed by atoms with van der Waals surface area (Å²) in [6, 6.07) is 0. The van der Waals surface area contributed by atoms with Crippen LogP contribution in [0, 0.1) is 0 Å². The maximum atomic E-state index is 9.49. The predicted molar refractivity (Wildman–Crippen MR) is 50.2 cm³/mol. The van der Waals surface area contributed by atoms with Crippen LogP contribution in [-0.2, 0) is 13.0 Å². The second-order valence-corrected chi connectivity index (χ2v) is 2.87. The zero-order valence-electron chi connectivity index (χ0n) is 7.85. The molecule has 1 N–H and O–H groups in total. The Hall–Kier alpha value is -1.16. The highest BCUT2D eigenvalue weighted by Crippen LogP contribution is 2.02. The Labute approximate surface area is 77.9 Å². The normalized spacial score (nSPS) is 12.8. The van der Waals surface area contributed by atoms with Gasteiger partial charge in [-0.05, 0) is 13.3 Å². The highest BCUT2D eigenvalue weighted by Gasteiger charge is 2.08. The van der Waals surface area contributed by atoms with Crippen molar-refractivity contribution in [2.45, 2.75) is 32.4 Å². The summed E-state index contributed by atoms with van der Waals surface area (Å²) in [6.07, 6.45) is 3.96. The Morgan fingerprint density at radius 2 is 2.54 bits per heavy atom. The van der Waals surface area contributed by atoms with Crippen molar-refractivity contribution in [1.82, 2.24) is 14.8 Å². The third-order valence-electron chi connectivity index (χ3n) is 1.85. The first kappa shape index (κ1) is 9.92. The summed E-state index contributed by atoms with van der Waals surface area (Å²) in [5.74, 6) is 0.830. The van der Waals surface area contributed by atoms with E-state index in [0.29, 0.717) is 12.8 Å². The van der Waals surface area contributed by atoms with Crippen LogP contribution in [0.3, 0.4) is 0 Å². The maximum Gasteiger partial charge on any atom is 0.138 e. The molecule has 0 saturated heterocycles. The third kappa shape index (κ3) is 2.66. The molecular weight excluding hydrogens is 166 g/mol. The van der Waals surface area contributed by atoms with Crippen LogP contribution in [0.25, 0.3) is 0 Å². The average Bonchev–Trinajstić information content (AvgIpc) is 2.52. The smallest absolute Gasteiger partial charge is 0.138 e. The molecule has 72 valence electrons. The van der Waals surface area contributed by atoms with Crippen LogP contribution in [0.1, 0.15) is 19.2 Å². The van der Waals surface area contributed by atoms with Gasteiger partial charge in [0.15, 0.2) is 0 Å². The number of aliphatic hydroxyl groups is 1. The van der Waals surface area contributed by atoms with Gasteiger partial charge < -0.3 is 5.11 Å².